The molecule has 3 fully saturated rings. The van der Waals surface area contributed by atoms with Crippen LogP contribution in [0, 0.1) is 5.41 Å². The molecule has 4 nitrogen and oxygen atoms in total. The summed E-state index contributed by atoms with van der Waals surface area (Å²) in [5.74, 6) is 0.203. The van der Waals surface area contributed by atoms with E-state index in [0.717, 1.165) is 24.8 Å². The third-order valence-corrected chi connectivity index (χ3v) is 7.02. The Bertz CT molecular complexity index is 623. The first kappa shape index (κ1) is 16.4. The van der Waals surface area contributed by atoms with Gasteiger partial charge in [0.15, 0.2) is 0 Å². The Morgan fingerprint density at radius 3 is 2.08 bits per heavy atom. The molecule has 3 aliphatic rings. The van der Waals surface area contributed by atoms with Crippen LogP contribution in [0.3, 0.4) is 0 Å². The van der Waals surface area contributed by atoms with E-state index in [2.05, 4.69) is 0 Å². The van der Waals surface area contributed by atoms with Gasteiger partial charge in [0.2, 0.25) is 5.91 Å². The fourth-order valence-electron chi connectivity index (χ4n) is 4.76. The Hall–Kier alpha value is -1.10. The molecule has 2 aliphatic carbocycles. The Balaban J connectivity index is 1.50. The summed E-state index contributed by atoms with van der Waals surface area (Å²) in [6.45, 7) is 1.25. The SMILES string of the molecule is O=C(N1CCC2(CC1)[C@H](O)C[C@@H]2O)C1(c2ccc(Cl)cc2)CCC1. The highest BCUT2D eigenvalue weighted by Crippen LogP contribution is 2.51. The number of carbonyl (C=O) groups excluding carboxylic acids is 1. The molecule has 0 aromatic heterocycles. The minimum atomic E-state index is -0.418. The van der Waals surface area contributed by atoms with Gasteiger partial charge >= 0.3 is 0 Å². The fourth-order valence-corrected chi connectivity index (χ4v) is 4.89. The van der Waals surface area contributed by atoms with Gasteiger partial charge in [-0.05, 0) is 43.4 Å². The largest absolute Gasteiger partial charge is 0.392 e. The Labute approximate surface area is 147 Å². The number of amides is 1. The number of halogens is 1. The van der Waals surface area contributed by atoms with Gasteiger partial charge in [0.25, 0.3) is 0 Å². The lowest BCUT2D eigenvalue weighted by atomic mass is 9.58. The maximum atomic E-state index is 13.2. The lowest BCUT2D eigenvalue weighted by Crippen LogP contribution is -2.63. The van der Waals surface area contributed by atoms with Gasteiger partial charge in [-0.2, -0.15) is 0 Å². The van der Waals surface area contributed by atoms with E-state index in [1.165, 1.54) is 0 Å². The molecule has 0 bridgehead atoms. The van der Waals surface area contributed by atoms with E-state index in [0.29, 0.717) is 37.4 Å². The van der Waals surface area contributed by atoms with Gasteiger partial charge in [0.1, 0.15) is 0 Å². The second-order valence-corrected chi connectivity index (χ2v) is 8.17. The van der Waals surface area contributed by atoms with Crippen LogP contribution in [-0.2, 0) is 10.2 Å². The monoisotopic (exact) mass is 349 g/mol. The van der Waals surface area contributed by atoms with Gasteiger partial charge in [0.05, 0.1) is 17.6 Å². The molecule has 2 saturated carbocycles. The van der Waals surface area contributed by atoms with E-state index in [4.69, 9.17) is 11.6 Å². The molecular weight excluding hydrogens is 326 g/mol. The molecule has 1 heterocycles. The molecular formula is C19H24ClNO3. The fraction of sp³-hybridized carbons (Fsp3) is 0.632. The first-order chi connectivity index (χ1) is 11.5. The van der Waals surface area contributed by atoms with Crippen molar-refractivity contribution in [1.82, 2.24) is 4.90 Å². The zero-order chi connectivity index (χ0) is 16.9. The van der Waals surface area contributed by atoms with Crippen LogP contribution in [0.1, 0.15) is 44.1 Å². The van der Waals surface area contributed by atoms with Gasteiger partial charge in [-0.25, -0.2) is 0 Å². The normalized spacial score (nSPS) is 30.5. The number of hydrogen-bond donors (Lipinski definition) is 2. The summed E-state index contributed by atoms with van der Waals surface area (Å²) >= 11 is 5.99. The molecule has 130 valence electrons. The van der Waals surface area contributed by atoms with E-state index in [1.807, 2.05) is 29.2 Å². The van der Waals surface area contributed by atoms with Crippen LogP contribution in [0.2, 0.25) is 5.02 Å². The molecule has 4 rings (SSSR count). The number of aliphatic hydroxyl groups excluding tert-OH is 2. The number of rotatable bonds is 2. The van der Waals surface area contributed by atoms with Gasteiger partial charge in [0, 0.05) is 29.9 Å². The summed E-state index contributed by atoms with van der Waals surface area (Å²) in [6, 6.07) is 7.67. The average molecular weight is 350 g/mol. The summed E-state index contributed by atoms with van der Waals surface area (Å²) < 4.78 is 0. The van der Waals surface area contributed by atoms with Crippen LogP contribution >= 0.6 is 11.6 Å². The molecule has 5 heteroatoms. The first-order valence-electron chi connectivity index (χ1n) is 8.89. The third kappa shape index (κ3) is 2.23. The minimum absolute atomic E-state index is 0.203. The molecule has 2 atom stereocenters. The summed E-state index contributed by atoms with van der Waals surface area (Å²) in [5.41, 5.74) is 0.294. The number of likely N-dealkylation sites (tertiary alicyclic amines) is 1. The third-order valence-electron chi connectivity index (χ3n) is 6.77. The topological polar surface area (TPSA) is 60.8 Å². The second-order valence-electron chi connectivity index (χ2n) is 7.74. The predicted molar refractivity (Wildman–Crippen MR) is 91.9 cm³/mol. The van der Waals surface area contributed by atoms with Crippen molar-refractivity contribution in [2.75, 3.05) is 13.1 Å². The van der Waals surface area contributed by atoms with Crippen molar-refractivity contribution < 1.29 is 15.0 Å². The zero-order valence-corrected chi connectivity index (χ0v) is 14.5. The van der Waals surface area contributed by atoms with Crippen molar-refractivity contribution in [1.29, 1.82) is 0 Å². The van der Waals surface area contributed by atoms with Crippen molar-refractivity contribution in [3.63, 3.8) is 0 Å². The first-order valence-corrected chi connectivity index (χ1v) is 9.27. The van der Waals surface area contributed by atoms with Crippen LogP contribution in [0.25, 0.3) is 0 Å². The van der Waals surface area contributed by atoms with Crippen molar-refractivity contribution >= 4 is 17.5 Å². The maximum Gasteiger partial charge on any atom is 0.233 e. The predicted octanol–water partition coefficient (Wildman–Crippen LogP) is 2.50. The van der Waals surface area contributed by atoms with Gasteiger partial charge in [-0.1, -0.05) is 30.2 Å². The minimum Gasteiger partial charge on any atom is -0.392 e. The average Bonchev–Trinajstić information content (AvgIpc) is 2.56. The highest BCUT2D eigenvalue weighted by molar-refractivity contribution is 6.30. The number of piperidine rings is 1. The van der Waals surface area contributed by atoms with E-state index in [1.54, 1.807) is 0 Å². The Morgan fingerprint density at radius 1 is 1.04 bits per heavy atom. The summed E-state index contributed by atoms with van der Waals surface area (Å²) in [4.78, 5) is 15.2. The Kier molecular flexibility index (Phi) is 3.90. The molecule has 1 aromatic carbocycles. The van der Waals surface area contributed by atoms with Crippen molar-refractivity contribution in [2.45, 2.75) is 56.1 Å². The lowest BCUT2D eigenvalue weighted by molar-refractivity contribution is -0.193. The summed E-state index contributed by atoms with van der Waals surface area (Å²) in [5, 5.41) is 20.8. The highest BCUT2D eigenvalue weighted by Gasteiger charge is 2.56. The number of nitrogens with zero attached hydrogens (tertiary/aromatic N) is 1. The summed E-state index contributed by atoms with van der Waals surface area (Å²) in [6.07, 6.45) is 3.88. The number of hydrogen-bond acceptors (Lipinski definition) is 3. The molecule has 1 saturated heterocycles. The Morgan fingerprint density at radius 2 is 1.62 bits per heavy atom. The maximum absolute atomic E-state index is 13.2. The van der Waals surface area contributed by atoms with Gasteiger partial charge < -0.3 is 15.1 Å². The molecule has 1 aliphatic heterocycles. The van der Waals surface area contributed by atoms with E-state index < -0.39 is 17.6 Å². The van der Waals surface area contributed by atoms with E-state index in [9.17, 15) is 15.0 Å². The number of benzene rings is 1. The lowest BCUT2D eigenvalue weighted by Gasteiger charge is -2.56. The van der Waals surface area contributed by atoms with Gasteiger partial charge in [-0.3, -0.25) is 4.79 Å². The van der Waals surface area contributed by atoms with Crippen molar-refractivity contribution in [2.24, 2.45) is 5.41 Å². The van der Waals surface area contributed by atoms with Crippen LogP contribution in [-0.4, -0.2) is 46.3 Å². The van der Waals surface area contributed by atoms with Crippen LogP contribution in [0.4, 0.5) is 0 Å². The molecule has 0 radical (unpaired) electrons. The molecule has 1 spiro atoms. The van der Waals surface area contributed by atoms with Crippen LogP contribution in [0.15, 0.2) is 24.3 Å². The van der Waals surface area contributed by atoms with Crippen molar-refractivity contribution in [3.8, 4) is 0 Å². The van der Waals surface area contributed by atoms with Crippen LogP contribution < -0.4 is 0 Å². The smallest absolute Gasteiger partial charge is 0.233 e. The molecule has 2 N–H and O–H groups in total. The number of carbonyl (C=O) groups is 1. The second kappa shape index (κ2) is 5.72. The molecule has 1 amide bonds. The van der Waals surface area contributed by atoms with Crippen LogP contribution in [0.5, 0.6) is 0 Å². The van der Waals surface area contributed by atoms with E-state index in [-0.39, 0.29) is 11.3 Å². The number of aliphatic hydroxyl groups is 2. The standard InChI is InChI=1S/C19H24ClNO3/c20-14-4-2-13(3-5-14)18(6-1-7-18)17(24)21-10-8-19(9-11-21)15(22)12-16(19)23/h2-5,15-16,22-23H,1,6-12H2/t15-,16+. The van der Waals surface area contributed by atoms with Crippen molar-refractivity contribution in [3.05, 3.63) is 34.9 Å². The van der Waals surface area contributed by atoms with E-state index >= 15 is 0 Å². The molecule has 24 heavy (non-hydrogen) atoms. The van der Waals surface area contributed by atoms with Gasteiger partial charge in [-0.15, -0.1) is 0 Å². The zero-order valence-electron chi connectivity index (χ0n) is 13.7. The molecule has 1 aromatic rings. The quantitative estimate of drug-likeness (QED) is 0.862. The summed E-state index contributed by atoms with van der Waals surface area (Å²) in [7, 11) is 0. The molecule has 0 unspecified atom stereocenters. The highest BCUT2D eigenvalue weighted by atomic mass is 35.5.